The number of carbonyl (C=O) groups excluding carboxylic acids is 1. The highest BCUT2D eigenvalue weighted by Crippen LogP contribution is 2.34. The van der Waals surface area contributed by atoms with Crippen LogP contribution in [0, 0.1) is 0 Å². The third-order valence-electron chi connectivity index (χ3n) is 4.89. The zero-order valence-electron chi connectivity index (χ0n) is 15.4. The lowest BCUT2D eigenvalue weighted by atomic mass is 9.98. The minimum Gasteiger partial charge on any atom is -0.457 e. The summed E-state index contributed by atoms with van der Waals surface area (Å²) in [6.45, 7) is 1.01. The Bertz CT molecular complexity index is 999. The van der Waals surface area contributed by atoms with Gasteiger partial charge in [0.2, 0.25) is 5.91 Å². The number of ether oxygens (including phenoxy) is 1. The van der Waals surface area contributed by atoms with Crippen molar-refractivity contribution in [2.45, 2.75) is 25.6 Å². The van der Waals surface area contributed by atoms with E-state index in [4.69, 9.17) is 4.74 Å². The summed E-state index contributed by atoms with van der Waals surface area (Å²) in [5.41, 5.74) is 1.99. The molecule has 0 atom stereocenters. The Labute approximate surface area is 165 Å². The predicted octanol–water partition coefficient (Wildman–Crippen LogP) is 4.35. The molecule has 2 heterocycles. The molecule has 1 amide bonds. The zero-order valence-corrected chi connectivity index (χ0v) is 15.4. The van der Waals surface area contributed by atoms with E-state index in [-0.39, 0.29) is 12.3 Å². The molecule has 29 heavy (non-hydrogen) atoms. The molecule has 0 aliphatic carbocycles. The molecule has 0 spiro atoms. The summed E-state index contributed by atoms with van der Waals surface area (Å²) in [6, 6.07) is 11.9. The molecule has 4 rings (SSSR count). The minimum absolute atomic E-state index is 0.00830. The summed E-state index contributed by atoms with van der Waals surface area (Å²) in [5, 5.41) is 6.64. The average molecular weight is 401 g/mol. The van der Waals surface area contributed by atoms with E-state index in [0.717, 1.165) is 29.0 Å². The van der Waals surface area contributed by atoms with Crippen molar-refractivity contribution >= 4 is 5.91 Å². The Morgan fingerprint density at radius 1 is 1.14 bits per heavy atom. The number of H-pyrrole nitrogens is 1. The monoisotopic (exact) mass is 401 g/mol. The van der Waals surface area contributed by atoms with E-state index in [9.17, 15) is 18.0 Å². The van der Waals surface area contributed by atoms with Crippen LogP contribution in [-0.4, -0.2) is 27.5 Å². The topological polar surface area (TPSA) is 58.2 Å². The highest BCUT2D eigenvalue weighted by atomic mass is 19.4. The summed E-state index contributed by atoms with van der Waals surface area (Å²) in [6.07, 6.45) is -1.90. The number of carbonyl (C=O) groups is 1. The van der Waals surface area contributed by atoms with Crippen LogP contribution in [0.4, 0.5) is 13.2 Å². The predicted molar refractivity (Wildman–Crippen MR) is 99.4 cm³/mol. The van der Waals surface area contributed by atoms with Crippen LogP contribution < -0.4 is 4.74 Å². The Hall–Kier alpha value is -3.29. The number of amides is 1. The number of hydrogen-bond acceptors (Lipinski definition) is 3. The van der Waals surface area contributed by atoms with Gasteiger partial charge in [0.25, 0.3) is 0 Å². The van der Waals surface area contributed by atoms with Gasteiger partial charge in [-0.1, -0.05) is 12.1 Å². The van der Waals surface area contributed by atoms with E-state index in [2.05, 4.69) is 10.2 Å². The highest BCUT2D eigenvalue weighted by Gasteiger charge is 2.30. The third kappa shape index (κ3) is 4.26. The lowest BCUT2D eigenvalue weighted by molar-refractivity contribution is -0.137. The molecule has 5 nitrogen and oxygen atoms in total. The number of alkyl halides is 3. The van der Waals surface area contributed by atoms with Gasteiger partial charge in [-0.3, -0.25) is 9.89 Å². The van der Waals surface area contributed by atoms with Crippen molar-refractivity contribution < 1.29 is 22.7 Å². The van der Waals surface area contributed by atoms with Crippen LogP contribution in [0.1, 0.15) is 22.4 Å². The smallest absolute Gasteiger partial charge is 0.416 e. The summed E-state index contributed by atoms with van der Waals surface area (Å²) in [5.74, 6) is 0.945. The van der Waals surface area contributed by atoms with Gasteiger partial charge in [0, 0.05) is 30.5 Å². The molecule has 2 aromatic carbocycles. The normalized spacial score (nSPS) is 13.8. The van der Waals surface area contributed by atoms with Gasteiger partial charge < -0.3 is 9.64 Å². The number of nitrogens with one attached hydrogen (secondary N) is 1. The number of rotatable bonds is 4. The fourth-order valence-corrected chi connectivity index (χ4v) is 3.38. The zero-order chi connectivity index (χ0) is 20.4. The van der Waals surface area contributed by atoms with E-state index < -0.39 is 11.7 Å². The van der Waals surface area contributed by atoms with E-state index >= 15 is 0 Å². The van der Waals surface area contributed by atoms with Crippen molar-refractivity contribution in [3.05, 3.63) is 77.1 Å². The Kier molecular flexibility index (Phi) is 5.00. The molecule has 150 valence electrons. The molecule has 0 saturated heterocycles. The number of nitrogens with zero attached hydrogens (tertiary/aromatic N) is 2. The fraction of sp³-hybridized carbons (Fsp3) is 0.238. The first kappa shape index (κ1) is 19.0. The van der Waals surface area contributed by atoms with Crippen LogP contribution in [-0.2, 0) is 30.4 Å². The molecule has 8 heteroatoms. The van der Waals surface area contributed by atoms with Gasteiger partial charge in [-0.05, 0) is 48.4 Å². The number of fused-ring (bicyclic) bond motifs is 1. The number of benzene rings is 2. The van der Waals surface area contributed by atoms with Gasteiger partial charge in [-0.15, -0.1) is 0 Å². The molecule has 0 radical (unpaired) electrons. The fourth-order valence-electron chi connectivity index (χ4n) is 3.38. The molecular weight excluding hydrogens is 383 g/mol. The van der Waals surface area contributed by atoms with Crippen molar-refractivity contribution in [1.82, 2.24) is 15.1 Å². The second-order valence-corrected chi connectivity index (χ2v) is 6.84. The van der Waals surface area contributed by atoms with Crippen LogP contribution in [0.3, 0.4) is 0 Å². The first-order chi connectivity index (χ1) is 13.9. The summed E-state index contributed by atoms with van der Waals surface area (Å²) in [4.78, 5) is 14.3. The van der Waals surface area contributed by atoms with Gasteiger partial charge in [-0.2, -0.15) is 18.3 Å². The molecule has 0 unspecified atom stereocenters. The second kappa shape index (κ2) is 7.62. The van der Waals surface area contributed by atoms with E-state index in [1.54, 1.807) is 23.2 Å². The van der Waals surface area contributed by atoms with Crippen LogP contribution in [0.5, 0.6) is 11.5 Å². The highest BCUT2D eigenvalue weighted by molar-refractivity contribution is 5.78. The maximum atomic E-state index is 12.7. The van der Waals surface area contributed by atoms with E-state index in [0.29, 0.717) is 31.0 Å². The average Bonchev–Trinajstić information content (AvgIpc) is 3.20. The van der Waals surface area contributed by atoms with Crippen molar-refractivity contribution in [3.8, 4) is 11.5 Å². The molecule has 1 N–H and O–H groups in total. The van der Waals surface area contributed by atoms with Gasteiger partial charge in [0.15, 0.2) is 0 Å². The van der Waals surface area contributed by atoms with Crippen LogP contribution in [0.15, 0.2) is 54.7 Å². The lowest BCUT2D eigenvalue weighted by Crippen LogP contribution is -2.37. The molecule has 0 bridgehead atoms. The maximum Gasteiger partial charge on any atom is 0.416 e. The SMILES string of the molecule is O=C(Cc1ccn[nH]1)N1CCc2c(cccc2Oc2ccc(C(F)(F)F)cc2)C1. The van der Waals surface area contributed by atoms with E-state index in [1.165, 1.54) is 12.1 Å². The first-order valence-electron chi connectivity index (χ1n) is 9.12. The molecule has 1 aliphatic heterocycles. The molecule has 3 aromatic rings. The number of hydrogen-bond donors (Lipinski definition) is 1. The largest absolute Gasteiger partial charge is 0.457 e. The van der Waals surface area contributed by atoms with Crippen molar-refractivity contribution in [2.24, 2.45) is 0 Å². The van der Waals surface area contributed by atoms with Crippen LogP contribution in [0.25, 0.3) is 0 Å². The van der Waals surface area contributed by atoms with Gasteiger partial charge in [0.1, 0.15) is 11.5 Å². The van der Waals surface area contributed by atoms with E-state index in [1.807, 2.05) is 12.1 Å². The van der Waals surface area contributed by atoms with Crippen LogP contribution >= 0.6 is 0 Å². The maximum absolute atomic E-state index is 12.7. The van der Waals surface area contributed by atoms with Gasteiger partial charge in [0.05, 0.1) is 12.0 Å². The lowest BCUT2D eigenvalue weighted by Gasteiger charge is -2.30. The first-order valence-corrected chi connectivity index (χ1v) is 9.12. The quantitative estimate of drug-likeness (QED) is 0.707. The minimum atomic E-state index is -4.38. The molecule has 0 fully saturated rings. The van der Waals surface area contributed by atoms with Gasteiger partial charge in [-0.25, -0.2) is 0 Å². The molecular formula is C21H18F3N3O2. The number of aromatic nitrogens is 2. The summed E-state index contributed by atoms with van der Waals surface area (Å²) < 4.78 is 44.0. The third-order valence-corrected chi connectivity index (χ3v) is 4.89. The van der Waals surface area contributed by atoms with Crippen molar-refractivity contribution in [3.63, 3.8) is 0 Å². The van der Waals surface area contributed by atoms with Crippen molar-refractivity contribution in [2.75, 3.05) is 6.54 Å². The Morgan fingerprint density at radius 2 is 1.93 bits per heavy atom. The number of aromatic amines is 1. The molecule has 1 aliphatic rings. The molecule has 0 saturated carbocycles. The summed E-state index contributed by atoms with van der Waals surface area (Å²) >= 11 is 0. The van der Waals surface area contributed by atoms with Gasteiger partial charge >= 0.3 is 6.18 Å². The second-order valence-electron chi connectivity index (χ2n) is 6.84. The Morgan fingerprint density at radius 3 is 2.62 bits per heavy atom. The Balaban J connectivity index is 1.47. The standard InChI is InChI=1S/C21H18F3N3O2/c22-21(23,24)15-4-6-17(7-5-15)29-19-3-1-2-14-13-27(11-9-18(14)19)20(28)12-16-8-10-25-26-16/h1-8,10H,9,11-13H2,(H,25,26). The van der Waals surface area contributed by atoms with Crippen molar-refractivity contribution in [1.29, 1.82) is 0 Å². The number of halogens is 3. The summed E-state index contributed by atoms with van der Waals surface area (Å²) in [7, 11) is 0. The molecule has 1 aromatic heterocycles. The van der Waals surface area contributed by atoms with Crippen LogP contribution in [0.2, 0.25) is 0 Å².